The van der Waals surface area contributed by atoms with Crippen molar-refractivity contribution in [2.24, 2.45) is 11.8 Å². The molecule has 3 rings (SSSR count). The lowest BCUT2D eigenvalue weighted by Gasteiger charge is -2.35. The Labute approximate surface area is 180 Å². The maximum atomic E-state index is 13.0. The molecule has 1 aliphatic heterocycles. The monoisotopic (exact) mass is 467 g/mol. The van der Waals surface area contributed by atoms with Gasteiger partial charge in [0.25, 0.3) is 11.6 Å². The van der Waals surface area contributed by atoms with Gasteiger partial charge in [0.15, 0.2) is 0 Å². The van der Waals surface area contributed by atoms with Gasteiger partial charge in [-0.1, -0.05) is 0 Å². The van der Waals surface area contributed by atoms with Crippen LogP contribution in [0.15, 0.2) is 18.2 Å². The van der Waals surface area contributed by atoms with E-state index < -0.39 is 41.1 Å². The molecule has 1 aromatic carbocycles. The van der Waals surface area contributed by atoms with Gasteiger partial charge in [-0.15, -0.1) is 0 Å². The molecular formula is C20H23F6N3O3. The van der Waals surface area contributed by atoms with Gasteiger partial charge in [0.1, 0.15) is 0 Å². The molecule has 0 spiro atoms. The summed E-state index contributed by atoms with van der Waals surface area (Å²) in [4.78, 5) is 25.0. The Morgan fingerprint density at radius 2 is 1.47 bits per heavy atom. The largest absolute Gasteiger partial charge is 0.391 e. The fourth-order valence-corrected chi connectivity index (χ4v) is 4.37. The van der Waals surface area contributed by atoms with Crippen LogP contribution in [0.5, 0.6) is 0 Å². The van der Waals surface area contributed by atoms with Crippen molar-refractivity contribution in [2.75, 3.05) is 18.0 Å². The number of benzene rings is 1. The third kappa shape index (κ3) is 5.63. The molecule has 1 amide bonds. The quantitative estimate of drug-likeness (QED) is 0.374. The highest BCUT2D eigenvalue weighted by molar-refractivity contribution is 6.00. The Balaban J connectivity index is 1.74. The average molecular weight is 467 g/mol. The summed E-state index contributed by atoms with van der Waals surface area (Å²) in [5.41, 5.74) is -0.148. The molecule has 1 saturated carbocycles. The van der Waals surface area contributed by atoms with E-state index in [2.05, 4.69) is 5.32 Å². The molecule has 0 unspecified atom stereocenters. The number of hydrogen-bond donors (Lipinski definition) is 1. The Bertz CT molecular complexity index is 842. The van der Waals surface area contributed by atoms with Crippen molar-refractivity contribution in [1.29, 1.82) is 0 Å². The number of carbonyl (C=O) groups excluding carboxylic acids is 1. The van der Waals surface area contributed by atoms with Crippen molar-refractivity contribution in [3.05, 3.63) is 33.9 Å². The minimum Gasteiger partial charge on any atom is -0.371 e. The van der Waals surface area contributed by atoms with Gasteiger partial charge in [-0.05, 0) is 44.6 Å². The number of carbonyl (C=O) groups is 1. The highest BCUT2D eigenvalue weighted by atomic mass is 19.4. The number of non-ortho nitro benzene ring substituents is 1. The third-order valence-corrected chi connectivity index (χ3v) is 6.26. The zero-order valence-corrected chi connectivity index (χ0v) is 17.0. The van der Waals surface area contributed by atoms with E-state index in [1.54, 1.807) is 4.90 Å². The molecule has 32 heavy (non-hydrogen) atoms. The lowest BCUT2D eigenvalue weighted by atomic mass is 9.85. The molecule has 0 bridgehead atoms. The molecule has 178 valence electrons. The molecular weight excluding hydrogens is 444 g/mol. The molecule has 12 heteroatoms. The summed E-state index contributed by atoms with van der Waals surface area (Å²) in [5, 5.41) is 13.8. The fraction of sp³-hybridized carbons (Fsp3) is 0.650. The number of anilines is 1. The number of hydrogen-bond acceptors (Lipinski definition) is 4. The predicted octanol–water partition coefficient (Wildman–Crippen LogP) is 5.22. The van der Waals surface area contributed by atoms with Crippen LogP contribution in [0.4, 0.5) is 37.7 Å². The number of amides is 1. The lowest BCUT2D eigenvalue weighted by Crippen LogP contribution is -2.42. The first-order valence-electron chi connectivity index (χ1n) is 10.3. The van der Waals surface area contributed by atoms with Crippen LogP contribution in [-0.4, -0.2) is 42.3 Å². The number of nitro groups is 1. The summed E-state index contributed by atoms with van der Waals surface area (Å²) in [7, 11) is 0. The second-order valence-electron chi connectivity index (χ2n) is 8.33. The van der Waals surface area contributed by atoms with Gasteiger partial charge in [0.2, 0.25) is 0 Å². The highest BCUT2D eigenvalue weighted by Gasteiger charge is 2.43. The standard InChI is InChI=1S/C20H23F6N3O3/c21-19(22,23)12-1-3-14(4-2-12)27-18(30)16-11-15(29(31)32)5-6-17(16)28-9-7-13(8-10-28)20(24,25)26/h5-6,11-14H,1-4,7-10H2,(H,27,30)/t12-,14-. The second-order valence-corrected chi connectivity index (χ2v) is 8.33. The van der Waals surface area contributed by atoms with Crippen molar-refractivity contribution in [2.45, 2.75) is 56.9 Å². The number of alkyl halides is 6. The second kappa shape index (κ2) is 9.14. The first-order valence-corrected chi connectivity index (χ1v) is 10.3. The van der Waals surface area contributed by atoms with E-state index >= 15 is 0 Å². The third-order valence-electron chi connectivity index (χ3n) is 6.26. The fourth-order valence-electron chi connectivity index (χ4n) is 4.37. The molecule has 2 aliphatic rings. The molecule has 6 nitrogen and oxygen atoms in total. The molecule has 0 atom stereocenters. The Morgan fingerprint density at radius 1 is 0.938 bits per heavy atom. The molecule has 2 fully saturated rings. The predicted molar refractivity (Wildman–Crippen MR) is 103 cm³/mol. The van der Waals surface area contributed by atoms with Gasteiger partial charge in [-0.2, -0.15) is 26.3 Å². The molecule has 1 aliphatic carbocycles. The van der Waals surface area contributed by atoms with E-state index in [9.17, 15) is 41.3 Å². The topological polar surface area (TPSA) is 75.5 Å². The number of rotatable bonds is 4. The summed E-state index contributed by atoms with van der Waals surface area (Å²) in [5.74, 6) is -3.55. The van der Waals surface area contributed by atoms with Crippen LogP contribution in [0, 0.1) is 22.0 Å². The average Bonchev–Trinajstić information content (AvgIpc) is 2.72. The Hall–Kier alpha value is -2.53. The van der Waals surface area contributed by atoms with Gasteiger partial charge >= 0.3 is 12.4 Å². The molecule has 0 aromatic heterocycles. The highest BCUT2D eigenvalue weighted by Crippen LogP contribution is 2.39. The zero-order chi connectivity index (χ0) is 23.7. The molecule has 1 heterocycles. The Kier molecular flexibility index (Phi) is 6.89. The van der Waals surface area contributed by atoms with E-state index in [0.29, 0.717) is 0 Å². The van der Waals surface area contributed by atoms with E-state index in [4.69, 9.17) is 0 Å². The lowest BCUT2D eigenvalue weighted by molar-refractivity contribution is -0.384. The number of piperidine rings is 1. The summed E-state index contributed by atoms with van der Waals surface area (Å²) in [6.45, 7) is 0.0535. The van der Waals surface area contributed by atoms with Gasteiger partial charge in [0, 0.05) is 31.3 Å². The van der Waals surface area contributed by atoms with E-state index in [1.807, 2.05) is 0 Å². The van der Waals surface area contributed by atoms with Crippen LogP contribution in [0.25, 0.3) is 0 Å². The minimum atomic E-state index is -4.31. The normalized spacial score (nSPS) is 23.1. The number of nitro benzene ring substituents is 1. The van der Waals surface area contributed by atoms with Crippen LogP contribution in [-0.2, 0) is 0 Å². The maximum absolute atomic E-state index is 13.0. The van der Waals surface area contributed by atoms with E-state index in [1.165, 1.54) is 12.1 Å². The maximum Gasteiger partial charge on any atom is 0.391 e. The van der Waals surface area contributed by atoms with Crippen LogP contribution >= 0.6 is 0 Å². The van der Waals surface area contributed by atoms with Crippen LogP contribution in [0.3, 0.4) is 0 Å². The van der Waals surface area contributed by atoms with Crippen molar-refractivity contribution in [3.8, 4) is 0 Å². The van der Waals surface area contributed by atoms with Gasteiger partial charge in [0.05, 0.1) is 28.0 Å². The van der Waals surface area contributed by atoms with Crippen LogP contribution in [0.2, 0.25) is 0 Å². The molecule has 1 saturated heterocycles. The Morgan fingerprint density at radius 3 is 1.97 bits per heavy atom. The van der Waals surface area contributed by atoms with Crippen molar-refractivity contribution >= 4 is 17.3 Å². The first kappa shape index (κ1) is 24.1. The smallest absolute Gasteiger partial charge is 0.371 e. The van der Waals surface area contributed by atoms with Crippen molar-refractivity contribution < 1.29 is 36.1 Å². The summed E-state index contributed by atoms with van der Waals surface area (Å²) in [6.07, 6.45) is -8.93. The minimum absolute atomic E-state index is 0.0267. The van der Waals surface area contributed by atoms with Crippen LogP contribution < -0.4 is 10.2 Å². The number of halogens is 6. The summed E-state index contributed by atoms with van der Waals surface area (Å²) >= 11 is 0. The van der Waals surface area contributed by atoms with Gasteiger partial charge in [-0.3, -0.25) is 14.9 Å². The van der Waals surface area contributed by atoms with Crippen molar-refractivity contribution in [1.82, 2.24) is 5.32 Å². The summed E-state index contributed by atoms with van der Waals surface area (Å²) < 4.78 is 77.4. The number of nitrogens with one attached hydrogen (secondary N) is 1. The molecule has 1 aromatic rings. The zero-order valence-electron chi connectivity index (χ0n) is 17.0. The number of nitrogens with zero attached hydrogens (tertiary/aromatic N) is 2. The SMILES string of the molecule is O=C(N[C@H]1CC[C@H](C(F)(F)F)CC1)c1cc([N+](=O)[O-])ccc1N1CCC(C(F)(F)F)CC1. The summed E-state index contributed by atoms with van der Waals surface area (Å²) in [6, 6.07) is 3.06. The molecule has 1 N–H and O–H groups in total. The molecule has 0 radical (unpaired) electrons. The van der Waals surface area contributed by atoms with E-state index in [-0.39, 0.29) is 68.6 Å². The van der Waals surface area contributed by atoms with E-state index in [0.717, 1.165) is 6.07 Å². The first-order chi connectivity index (χ1) is 14.9. The van der Waals surface area contributed by atoms with Gasteiger partial charge in [-0.25, -0.2) is 0 Å². The van der Waals surface area contributed by atoms with Crippen molar-refractivity contribution in [3.63, 3.8) is 0 Å². The van der Waals surface area contributed by atoms with Gasteiger partial charge < -0.3 is 10.2 Å². The van der Waals surface area contributed by atoms with Crippen LogP contribution in [0.1, 0.15) is 48.9 Å².